The van der Waals surface area contributed by atoms with Crippen molar-refractivity contribution in [2.75, 3.05) is 19.5 Å². The standard InChI is InChI=1S/C23H22N8O/c1-14-8-21(31-28-10-14)30-20-6-5-18-19(29-20)9-16(12-26-18)17(13-25-2)23(24)15-4-7-22(32-3)27-11-15/h4-13,17,24H,1-3H3,(H,29,30,31). The third-order valence-corrected chi connectivity index (χ3v) is 4.83. The number of methoxy groups -OCH3 is 1. The van der Waals surface area contributed by atoms with Crippen molar-refractivity contribution in [2.45, 2.75) is 12.8 Å². The SMILES string of the molecule is CN=CC(C(=N)c1ccc(OC)nc1)c1cnc2ccc(Nc3cc(C)cnn3)nc2c1. The van der Waals surface area contributed by atoms with Gasteiger partial charge in [0, 0.05) is 37.3 Å². The Kier molecular flexibility index (Phi) is 6.07. The number of fused-ring (bicyclic) bond motifs is 1. The summed E-state index contributed by atoms with van der Waals surface area (Å²) in [5, 5.41) is 19.9. The smallest absolute Gasteiger partial charge is 0.212 e. The van der Waals surface area contributed by atoms with Crippen molar-refractivity contribution >= 4 is 34.6 Å². The number of aryl methyl sites for hydroxylation is 1. The first-order chi connectivity index (χ1) is 15.6. The molecule has 0 saturated heterocycles. The zero-order valence-electron chi connectivity index (χ0n) is 17.9. The average Bonchev–Trinajstić information content (AvgIpc) is 2.82. The molecule has 0 aliphatic carbocycles. The summed E-state index contributed by atoms with van der Waals surface area (Å²) in [7, 11) is 3.24. The summed E-state index contributed by atoms with van der Waals surface area (Å²) >= 11 is 0. The molecule has 32 heavy (non-hydrogen) atoms. The lowest BCUT2D eigenvalue weighted by molar-refractivity contribution is 0.398. The summed E-state index contributed by atoms with van der Waals surface area (Å²) in [4.78, 5) is 17.6. The summed E-state index contributed by atoms with van der Waals surface area (Å²) < 4.78 is 5.11. The molecule has 4 aromatic heterocycles. The van der Waals surface area contributed by atoms with Gasteiger partial charge >= 0.3 is 0 Å². The van der Waals surface area contributed by atoms with E-state index in [1.807, 2.05) is 37.3 Å². The molecule has 0 saturated carbocycles. The minimum absolute atomic E-state index is 0.358. The Hall–Kier alpha value is -4.27. The van der Waals surface area contributed by atoms with Gasteiger partial charge in [0.25, 0.3) is 0 Å². The maximum absolute atomic E-state index is 8.73. The van der Waals surface area contributed by atoms with Gasteiger partial charge in [-0.25, -0.2) is 9.97 Å². The van der Waals surface area contributed by atoms with Crippen LogP contribution in [-0.2, 0) is 0 Å². The van der Waals surface area contributed by atoms with Crippen molar-refractivity contribution in [1.29, 1.82) is 5.41 Å². The van der Waals surface area contributed by atoms with E-state index in [0.29, 0.717) is 34.3 Å². The molecule has 0 bridgehead atoms. The van der Waals surface area contributed by atoms with E-state index in [4.69, 9.17) is 10.1 Å². The predicted molar refractivity (Wildman–Crippen MR) is 124 cm³/mol. The van der Waals surface area contributed by atoms with Crippen LogP contribution in [0.15, 0.2) is 60.0 Å². The lowest BCUT2D eigenvalue weighted by Gasteiger charge is -2.15. The van der Waals surface area contributed by atoms with Crippen LogP contribution in [0.3, 0.4) is 0 Å². The number of hydrogen-bond donors (Lipinski definition) is 2. The number of ether oxygens (including phenoxy) is 1. The van der Waals surface area contributed by atoms with Crippen LogP contribution < -0.4 is 10.1 Å². The van der Waals surface area contributed by atoms with E-state index < -0.39 is 5.92 Å². The third-order valence-electron chi connectivity index (χ3n) is 4.83. The van der Waals surface area contributed by atoms with E-state index >= 15 is 0 Å². The number of nitrogens with one attached hydrogen (secondary N) is 2. The highest BCUT2D eigenvalue weighted by atomic mass is 16.5. The molecule has 4 aromatic rings. The van der Waals surface area contributed by atoms with Gasteiger partial charge in [-0.1, -0.05) is 0 Å². The van der Waals surface area contributed by atoms with Gasteiger partial charge < -0.3 is 15.5 Å². The highest BCUT2D eigenvalue weighted by molar-refractivity contribution is 6.12. The van der Waals surface area contributed by atoms with Crippen molar-refractivity contribution in [3.63, 3.8) is 0 Å². The number of anilines is 2. The molecule has 0 fully saturated rings. The second kappa shape index (κ2) is 9.25. The van der Waals surface area contributed by atoms with Crippen molar-refractivity contribution in [2.24, 2.45) is 4.99 Å². The van der Waals surface area contributed by atoms with Crippen molar-refractivity contribution in [1.82, 2.24) is 25.1 Å². The zero-order chi connectivity index (χ0) is 22.5. The summed E-state index contributed by atoms with van der Waals surface area (Å²) in [6.07, 6.45) is 6.79. The molecule has 2 N–H and O–H groups in total. The van der Waals surface area contributed by atoms with E-state index in [1.54, 1.807) is 45.0 Å². The topological polar surface area (TPSA) is 122 Å². The molecule has 0 aliphatic heterocycles. The first-order valence-corrected chi connectivity index (χ1v) is 9.91. The Morgan fingerprint density at radius 1 is 1.06 bits per heavy atom. The molecule has 160 valence electrons. The first kappa shape index (κ1) is 21.0. The molecule has 4 heterocycles. The average molecular weight is 426 g/mol. The quantitative estimate of drug-likeness (QED) is 0.432. The van der Waals surface area contributed by atoms with E-state index in [2.05, 4.69) is 35.5 Å². The number of nitrogens with zero attached hydrogens (tertiary/aromatic N) is 6. The van der Waals surface area contributed by atoms with E-state index in [1.165, 1.54) is 0 Å². The van der Waals surface area contributed by atoms with E-state index in [9.17, 15) is 0 Å². The Morgan fingerprint density at radius 3 is 2.66 bits per heavy atom. The predicted octanol–water partition coefficient (Wildman–Crippen LogP) is 3.73. The number of rotatable bonds is 7. The molecule has 0 aliphatic rings. The highest BCUT2D eigenvalue weighted by Crippen LogP contribution is 2.24. The van der Waals surface area contributed by atoms with Gasteiger partial charge in [0.15, 0.2) is 5.82 Å². The lowest BCUT2D eigenvalue weighted by atomic mass is 9.92. The van der Waals surface area contributed by atoms with Crippen LogP contribution >= 0.6 is 0 Å². The maximum Gasteiger partial charge on any atom is 0.212 e. The van der Waals surface area contributed by atoms with Gasteiger partial charge in [-0.3, -0.25) is 9.98 Å². The van der Waals surface area contributed by atoms with Crippen LogP contribution in [0.5, 0.6) is 5.88 Å². The second-order valence-electron chi connectivity index (χ2n) is 7.13. The molecule has 1 atom stereocenters. The van der Waals surface area contributed by atoms with Gasteiger partial charge in [0.05, 0.1) is 36.0 Å². The first-order valence-electron chi connectivity index (χ1n) is 9.91. The molecular weight excluding hydrogens is 404 g/mol. The van der Waals surface area contributed by atoms with E-state index in [-0.39, 0.29) is 0 Å². The normalized spacial score (nSPS) is 12.1. The fourth-order valence-corrected chi connectivity index (χ4v) is 3.23. The molecule has 0 aromatic carbocycles. The lowest BCUT2D eigenvalue weighted by Crippen LogP contribution is -2.15. The maximum atomic E-state index is 8.73. The van der Waals surface area contributed by atoms with Crippen LogP contribution in [0.2, 0.25) is 0 Å². The molecular formula is C23H22N8O. The third kappa shape index (κ3) is 4.56. The molecule has 9 nitrogen and oxygen atoms in total. The number of aromatic nitrogens is 5. The van der Waals surface area contributed by atoms with Gasteiger partial charge in [0.1, 0.15) is 5.82 Å². The largest absolute Gasteiger partial charge is 0.481 e. The van der Waals surface area contributed by atoms with Gasteiger partial charge in [0.2, 0.25) is 5.88 Å². The van der Waals surface area contributed by atoms with Crippen LogP contribution in [0.1, 0.15) is 22.6 Å². The molecule has 4 rings (SSSR count). The Morgan fingerprint density at radius 2 is 1.94 bits per heavy atom. The Bertz CT molecular complexity index is 1290. The summed E-state index contributed by atoms with van der Waals surface area (Å²) in [5.41, 5.74) is 4.29. The second-order valence-corrected chi connectivity index (χ2v) is 7.13. The van der Waals surface area contributed by atoms with Gasteiger partial charge in [-0.2, -0.15) is 5.10 Å². The number of hydrogen-bond acceptors (Lipinski definition) is 9. The molecule has 0 spiro atoms. The van der Waals surface area contributed by atoms with Gasteiger partial charge in [-0.05, 0) is 48.4 Å². The fraction of sp³-hybridized carbons (Fsp3) is 0.174. The molecule has 0 radical (unpaired) electrons. The van der Waals surface area contributed by atoms with Crippen molar-refractivity contribution in [3.05, 3.63) is 71.7 Å². The van der Waals surface area contributed by atoms with Gasteiger partial charge in [-0.15, -0.1) is 5.10 Å². The zero-order valence-corrected chi connectivity index (χ0v) is 17.9. The van der Waals surface area contributed by atoms with Crippen molar-refractivity contribution < 1.29 is 4.74 Å². The van der Waals surface area contributed by atoms with Crippen LogP contribution in [-0.4, -0.2) is 51.2 Å². The minimum Gasteiger partial charge on any atom is -0.481 e. The molecule has 0 amide bonds. The number of aliphatic imine (C=N–C) groups is 1. The molecule has 1 unspecified atom stereocenters. The van der Waals surface area contributed by atoms with Crippen LogP contribution in [0.25, 0.3) is 11.0 Å². The fourth-order valence-electron chi connectivity index (χ4n) is 3.23. The summed E-state index contributed by atoms with van der Waals surface area (Å²) in [6.45, 7) is 1.95. The monoisotopic (exact) mass is 426 g/mol. The summed E-state index contributed by atoms with van der Waals surface area (Å²) in [6, 6.07) is 11.1. The Labute approximate surface area is 185 Å². The molecule has 9 heteroatoms. The minimum atomic E-state index is -0.395. The van der Waals surface area contributed by atoms with Crippen molar-refractivity contribution in [3.8, 4) is 5.88 Å². The summed E-state index contributed by atoms with van der Waals surface area (Å²) in [5.74, 6) is 1.35. The Balaban J connectivity index is 1.66. The highest BCUT2D eigenvalue weighted by Gasteiger charge is 2.18. The van der Waals surface area contributed by atoms with Crippen LogP contribution in [0.4, 0.5) is 11.6 Å². The van der Waals surface area contributed by atoms with Crippen LogP contribution in [0, 0.1) is 12.3 Å². The van der Waals surface area contributed by atoms with E-state index in [0.717, 1.165) is 16.6 Å². The number of pyridine rings is 3.